The number of aliphatic hydroxyl groups excluding tert-OH is 2. The van der Waals surface area contributed by atoms with Gasteiger partial charge in [0, 0.05) is 13.0 Å². The van der Waals surface area contributed by atoms with Gasteiger partial charge in [-0.15, -0.1) is 0 Å². The van der Waals surface area contributed by atoms with Crippen LogP contribution in [0.3, 0.4) is 0 Å². The highest BCUT2D eigenvalue weighted by Gasteiger charge is 1.84. The van der Waals surface area contributed by atoms with Crippen molar-refractivity contribution in [3.8, 4) is 0 Å². The molecule has 19 heavy (non-hydrogen) atoms. The smallest absolute Gasteiger partial charge is 0.132 e. The summed E-state index contributed by atoms with van der Waals surface area (Å²) in [6.07, 6.45) is 1.54. The molecule has 0 radical (unpaired) electrons. The average Bonchev–Trinajstić information content (AvgIpc) is 2.19. The van der Waals surface area contributed by atoms with Gasteiger partial charge in [0.2, 0.25) is 0 Å². The lowest BCUT2D eigenvalue weighted by molar-refractivity contribution is -0.117. The number of hydrogen-bond donors (Lipinski definition) is 4. The third-order valence-corrected chi connectivity index (χ3v) is 0.464. The Morgan fingerprint density at radius 2 is 1.37 bits per heavy atom. The van der Waals surface area contributed by atoms with E-state index in [1.54, 1.807) is 0 Å². The lowest BCUT2D eigenvalue weighted by atomic mass is 10.3. The lowest BCUT2D eigenvalue weighted by Crippen LogP contribution is -2.06. The number of carbonyl (C=O) groups excluding carboxylic acids is 1. The van der Waals surface area contributed by atoms with E-state index in [4.69, 9.17) is 15.9 Å². The molecular formula is C14H36N2O3. The maximum atomic E-state index is 9.88. The maximum absolute atomic E-state index is 9.88. The molecule has 6 N–H and O–H groups in total. The van der Waals surface area contributed by atoms with E-state index in [1.165, 1.54) is 27.3 Å². The van der Waals surface area contributed by atoms with Gasteiger partial charge in [-0.1, -0.05) is 40.7 Å². The summed E-state index contributed by atoms with van der Waals surface area (Å²) in [5, 5.41) is 15.9. The molecule has 0 aromatic heterocycles. The molecule has 0 spiro atoms. The summed E-state index contributed by atoms with van der Waals surface area (Å²) in [5.74, 6) is 0.206. The van der Waals surface area contributed by atoms with Crippen LogP contribution < -0.4 is 11.5 Å². The van der Waals surface area contributed by atoms with E-state index in [-0.39, 0.29) is 18.1 Å². The van der Waals surface area contributed by atoms with Crippen LogP contribution in [0, 0.1) is 0 Å². The van der Waals surface area contributed by atoms with Crippen LogP contribution in [0.15, 0.2) is 12.3 Å². The molecule has 0 unspecified atom stereocenters. The highest BCUT2D eigenvalue weighted by molar-refractivity contribution is 5.75. The minimum absolute atomic E-state index is 0.0185. The fourth-order valence-corrected chi connectivity index (χ4v) is 0.157. The van der Waals surface area contributed by atoms with Crippen LogP contribution in [0.25, 0.3) is 0 Å². The number of carbonyl (C=O) groups is 1. The molecule has 0 saturated heterocycles. The minimum Gasteiger partial charge on any atom is -0.513 e. The van der Waals surface area contributed by atoms with Crippen LogP contribution >= 0.6 is 0 Å². The van der Waals surface area contributed by atoms with Gasteiger partial charge >= 0.3 is 0 Å². The van der Waals surface area contributed by atoms with Crippen LogP contribution in [0.5, 0.6) is 0 Å². The molecule has 0 aliphatic rings. The van der Waals surface area contributed by atoms with Gasteiger partial charge in [0.05, 0.1) is 5.76 Å². The zero-order valence-corrected chi connectivity index (χ0v) is 13.9. The van der Waals surface area contributed by atoms with Gasteiger partial charge in [0.15, 0.2) is 0 Å². The largest absolute Gasteiger partial charge is 0.513 e. The number of Topliss-reactive ketones (excluding diaryl/α,β-unsaturated/α-hetero) is 1. The van der Waals surface area contributed by atoms with Gasteiger partial charge in [0.1, 0.15) is 5.78 Å². The molecular weight excluding hydrogens is 244 g/mol. The van der Waals surface area contributed by atoms with Crippen LogP contribution in [-0.2, 0) is 4.79 Å². The molecule has 0 rings (SSSR count). The first-order chi connectivity index (χ1) is 8.65. The fourth-order valence-electron chi connectivity index (χ4n) is 0.157. The van der Waals surface area contributed by atoms with E-state index in [0.29, 0.717) is 12.5 Å². The van der Waals surface area contributed by atoms with E-state index in [2.05, 4.69) is 26.2 Å². The second-order valence-electron chi connectivity index (χ2n) is 3.86. The van der Waals surface area contributed by atoms with Crippen LogP contribution in [0.2, 0.25) is 0 Å². The lowest BCUT2D eigenvalue weighted by Gasteiger charge is -1.81. The van der Waals surface area contributed by atoms with Gasteiger partial charge in [-0.3, -0.25) is 4.79 Å². The molecule has 0 aromatic rings. The van der Waals surface area contributed by atoms with E-state index in [9.17, 15) is 4.79 Å². The Bertz CT molecular complexity index is 154. The Balaban J connectivity index is -0.0000000452. The Labute approximate surface area is 119 Å². The van der Waals surface area contributed by atoms with Crippen LogP contribution in [-0.4, -0.2) is 35.7 Å². The quantitative estimate of drug-likeness (QED) is 0.581. The highest BCUT2D eigenvalue weighted by Crippen LogP contribution is 1.74. The minimum atomic E-state index is -0.0185. The predicted molar refractivity (Wildman–Crippen MR) is 85.2 cm³/mol. The van der Waals surface area contributed by atoms with Gasteiger partial charge in [-0.25, -0.2) is 0 Å². The summed E-state index contributed by atoms with van der Waals surface area (Å²) in [6, 6.07) is 0.333. The van der Waals surface area contributed by atoms with Crippen LogP contribution in [0.4, 0.5) is 0 Å². The number of nitrogens with two attached hydrogens (primary N) is 2. The summed E-state index contributed by atoms with van der Waals surface area (Å²) < 4.78 is 0. The third kappa shape index (κ3) is 891. The molecule has 5 nitrogen and oxygen atoms in total. The summed E-state index contributed by atoms with van der Waals surface area (Å²) in [5.41, 5.74) is 9.61. The van der Waals surface area contributed by atoms with Crippen molar-refractivity contribution in [1.82, 2.24) is 0 Å². The predicted octanol–water partition coefficient (Wildman–Crippen LogP) is 2.38. The van der Waals surface area contributed by atoms with Crippen molar-refractivity contribution in [2.75, 3.05) is 13.7 Å². The zero-order valence-electron chi connectivity index (χ0n) is 13.9. The average molecular weight is 280 g/mol. The molecule has 0 saturated carbocycles. The Hall–Kier alpha value is -0.910. The Morgan fingerprint density at radius 3 is 1.37 bits per heavy atom. The summed E-state index contributed by atoms with van der Waals surface area (Å²) in [7, 11) is 1.50. The fraction of sp³-hybridized carbons (Fsp3) is 0.786. The summed E-state index contributed by atoms with van der Waals surface area (Å²) in [4.78, 5) is 9.88. The van der Waals surface area contributed by atoms with Crippen molar-refractivity contribution in [3.05, 3.63) is 12.3 Å². The first kappa shape index (κ1) is 30.8. The molecule has 5 heteroatoms. The van der Waals surface area contributed by atoms with Crippen LogP contribution in [0.1, 0.15) is 54.4 Å². The molecule has 0 atom stereocenters. The monoisotopic (exact) mass is 280 g/mol. The first-order valence-electron chi connectivity index (χ1n) is 6.43. The van der Waals surface area contributed by atoms with Crippen molar-refractivity contribution < 1.29 is 15.0 Å². The molecule has 0 fully saturated rings. The van der Waals surface area contributed by atoms with Crippen molar-refractivity contribution in [1.29, 1.82) is 0 Å². The molecule has 120 valence electrons. The molecule has 0 heterocycles. The summed E-state index contributed by atoms with van der Waals surface area (Å²) >= 11 is 0. The number of hydrogen-bond acceptors (Lipinski definition) is 5. The van der Waals surface area contributed by atoms with Gasteiger partial charge in [-0.2, -0.15) is 0 Å². The number of rotatable bonds is 2. The topological polar surface area (TPSA) is 110 Å². The number of ketones is 1. The maximum Gasteiger partial charge on any atom is 0.132 e. The standard InChI is InChI=1S/C4H8O2.C3H9N.C3H6O.C3H8.CH5N/c1-4(6)2-3-5;2*1-3(2)4;1-3-2;1-2/h5H,2-3H2,1H3;3H,4H2,1-2H3;4H,1H2,2H3;3H2,1-2H3;2H2,1H3. The van der Waals surface area contributed by atoms with Gasteiger partial charge in [0.25, 0.3) is 0 Å². The highest BCUT2D eigenvalue weighted by atomic mass is 16.3. The second-order valence-corrected chi connectivity index (χ2v) is 3.86. The molecule has 0 bridgehead atoms. The second kappa shape index (κ2) is 36.0. The molecule has 0 aliphatic heterocycles. The number of allylic oxidation sites excluding steroid dienone is 1. The van der Waals surface area contributed by atoms with E-state index in [0.717, 1.165) is 0 Å². The van der Waals surface area contributed by atoms with Crippen molar-refractivity contribution >= 4 is 5.78 Å². The Morgan fingerprint density at radius 1 is 1.21 bits per heavy atom. The zero-order chi connectivity index (χ0) is 16.9. The number of aliphatic hydroxyl groups is 2. The summed E-state index contributed by atoms with van der Waals surface area (Å²) in [6.45, 7) is 14.2. The van der Waals surface area contributed by atoms with Crippen molar-refractivity contribution in [2.24, 2.45) is 11.5 Å². The van der Waals surface area contributed by atoms with Crippen molar-refractivity contribution in [2.45, 2.75) is 60.4 Å². The van der Waals surface area contributed by atoms with E-state index < -0.39 is 0 Å². The molecule has 0 aliphatic carbocycles. The SMILES string of the molecule is C=C(C)O.CC(=O)CCO.CC(C)N.CCC.CN. The van der Waals surface area contributed by atoms with Crippen molar-refractivity contribution in [3.63, 3.8) is 0 Å². The van der Waals surface area contributed by atoms with E-state index >= 15 is 0 Å². The Kier molecular flexibility index (Phi) is 58.4. The van der Waals surface area contributed by atoms with Gasteiger partial charge in [-0.05, 0) is 26.9 Å². The first-order valence-corrected chi connectivity index (χ1v) is 6.43. The van der Waals surface area contributed by atoms with E-state index in [1.807, 2.05) is 13.8 Å². The third-order valence-electron chi connectivity index (χ3n) is 0.464. The molecule has 0 aromatic carbocycles. The van der Waals surface area contributed by atoms with Gasteiger partial charge < -0.3 is 21.7 Å². The normalized spacial score (nSPS) is 7.11. The molecule has 0 amide bonds.